The normalized spacial score (nSPS) is 12.4. The number of esters is 3. The Bertz CT molecular complexity index is 1090. The third-order valence-electron chi connectivity index (χ3n) is 11.6. The molecule has 0 aliphatic carbocycles. The summed E-state index contributed by atoms with van der Waals surface area (Å²) in [5.74, 6) is -0.894. The Morgan fingerprint density at radius 1 is 0.323 bits per heavy atom. The van der Waals surface area contributed by atoms with E-state index in [0.29, 0.717) is 19.3 Å². The van der Waals surface area contributed by atoms with Gasteiger partial charge in [-0.2, -0.15) is 0 Å². The summed E-state index contributed by atoms with van der Waals surface area (Å²) in [6.45, 7) is 6.58. The molecule has 0 aromatic rings. The molecule has 1 atom stereocenters. The van der Waals surface area contributed by atoms with Crippen LogP contribution in [-0.2, 0) is 28.6 Å². The molecule has 6 nitrogen and oxygen atoms in total. The van der Waals surface area contributed by atoms with Crippen LogP contribution in [0.5, 0.6) is 0 Å². The molecule has 0 saturated heterocycles. The van der Waals surface area contributed by atoms with Crippen molar-refractivity contribution in [2.24, 2.45) is 0 Å². The number of ether oxygens (including phenoxy) is 3. The first-order valence-corrected chi connectivity index (χ1v) is 26.7. The van der Waals surface area contributed by atoms with Gasteiger partial charge in [-0.1, -0.05) is 230 Å². The van der Waals surface area contributed by atoms with Crippen molar-refractivity contribution in [1.82, 2.24) is 0 Å². The summed E-state index contributed by atoms with van der Waals surface area (Å²) in [7, 11) is 0. The highest BCUT2D eigenvalue weighted by molar-refractivity contribution is 5.71. The van der Waals surface area contributed by atoms with Crippen molar-refractivity contribution in [3.05, 3.63) is 48.6 Å². The number of allylic oxidation sites excluding steroid dienone is 8. The molecule has 0 amide bonds. The first kappa shape index (κ1) is 59.4. The zero-order valence-corrected chi connectivity index (χ0v) is 41.1. The van der Waals surface area contributed by atoms with Crippen LogP contribution >= 0.6 is 0 Å². The van der Waals surface area contributed by atoms with Crippen LogP contribution in [0.25, 0.3) is 0 Å². The van der Waals surface area contributed by atoms with Crippen molar-refractivity contribution in [1.29, 1.82) is 0 Å². The standard InChI is InChI=1S/C56H100O6/c1-4-7-10-13-16-19-22-25-28-31-34-37-40-43-46-49-55(58)61-52-53(51-60-54(57)48-45-42-39-36-33-30-27-24-21-18-15-12-9-6-3)62-56(59)50-47-44-41-38-35-32-29-26-23-20-17-14-11-8-5-2/h16-17,19-20,22-23,25-26,53H,4-15,18,21,24,27-52H2,1-3H3/b19-16-,20-17-,25-22-,26-23-. The first-order chi connectivity index (χ1) is 30.5. The molecule has 62 heavy (non-hydrogen) atoms. The summed E-state index contributed by atoms with van der Waals surface area (Å²) in [6, 6.07) is 0. The maximum Gasteiger partial charge on any atom is 0.306 e. The van der Waals surface area contributed by atoms with Gasteiger partial charge in [-0.3, -0.25) is 14.4 Å². The highest BCUT2D eigenvalue weighted by Crippen LogP contribution is 2.15. The van der Waals surface area contributed by atoms with Gasteiger partial charge in [-0.05, 0) is 70.6 Å². The van der Waals surface area contributed by atoms with E-state index in [0.717, 1.165) is 70.6 Å². The van der Waals surface area contributed by atoms with Gasteiger partial charge in [0.2, 0.25) is 0 Å². The number of rotatable bonds is 48. The van der Waals surface area contributed by atoms with Gasteiger partial charge in [-0.25, -0.2) is 0 Å². The minimum atomic E-state index is -0.781. The lowest BCUT2D eigenvalue weighted by atomic mass is 10.0. The maximum absolute atomic E-state index is 12.8. The lowest BCUT2D eigenvalue weighted by molar-refractivity contribution is -0.167. The third-order valence-corrected chi connectivity index (χ3v) is 11.6. The molecule has 0 radical (unpaired) electrons. The quantitative estimate of drug-likeness (QED) is 0.0262. The minimum Gasteiger partial charge on any atom is -0.462 e. The molecule has 0 aliphatic rings. The van der Waals surface area contributed by atoms with Crippen LogP contribution < -0.4 is 0 Å². The second kappa shape index (κ2) is 51.0. The van der Waals surface area contributed by atoms with Gasteiger partial charge in [0.25, 0.3) is 0 Å². The molecule has 360 valence electrons. The molecule has 0 aromatic carbocycles. The highest BCUT2D eigenvalue weighted by atomic mass is 16.6. The fraction of sp³-hybridized carbons (Fsp3) is 0.804. The predicted octanol–water partition coefficient (Wildman–Crippen LogP) is 17.5. The van der Waals surface area contributed by atoms with E-state index in [9.17, 15) is 14.4 Å². The predicted molar refractivity (Wildman–Crippen MR) is 265 cm³/mol. The van der Waals surface area contributed by atoms with E-state index >= 15 is 0 Å². The van der Waals surface area contributed by atoms with Crippen LogP contribution in [0.4, 0.5) is 0 Å². The summed E-state index contributed by atoms with van der Waals surface area (Å²) in [5.41, 5.74) is 0. The van der Waals surface area contributed by atoms with E-state index in [1.165, 1.54) is 161 Å². The average Bonchev–Trinajstić information content (AvgIpc) is 3.27. The van der Waals surface area contributed by atoms with Gasteiger partial charge in [0.1, 0.15) is 13.2 Å². The zero-order valence-electron chi connectivity index (χ0n) is 41.1. The van der Waals surface area contributed by atoms with Crippen LogP contribution in [0, 0.1) is 0 Å². The number of hydrogen-bond acceptors (Lipinski definition) is 6. The maximum atomic E-state index is 12.8. The Balaban J connectivity index is 4.40. The first-order valence-electron chi connectivity index (χ1n) is 26.7. The fourth-order valence-electron chi connectivity index (χ4n) is 7.54. The van der Waals surface area contributed by atoms with E-state index in [1.54, 1.807) is 0 Å². The average molecular weight is 869 g/mol. The largest absolute Gasteiger partial charge is 0.462 e. The molecule has 0 N–H and O–H groups in total. The molecule has 0 heterocycles. The Hall–Kier alpha value is -2.63. The van der Waals surface area contributed by atoms with E-state index in [4.69, 9.17) is 14.2 Å². The molecular formula is C56H100O6. The topological polar surface area (TPSA) is 78.9 Å². The second-order valence-electron chi connectivity index (χ2n) is 17.8. The van der Waals surface area contributed by atoms with Gasteiger partial charge in [0.05, 0.1) is 0 Å². The van der Waals surface area contributed by atoms with E-state index in [1.807, 2.05) is 0 Å². The minimum absolute atomic E-state index is 0.0794. The van der Waals surface area contributed by atoms with Crippen molar-refractivity contribution in [3.8, 4) is 0 Å². The summed E-state index contributed by atoms with van der Waals surface area (Å²) in [6.07, 6.45) is 60.8. The molecule has 0 aliphatic heterocycles. The molecule has 0 fully saturated rings. The van der Waals surface area contributed by atoms with Gasteiger partial charge < -0.3 is 14.2 Å². The van der Waals surface area contributed by atoms with Crippen LogP contribution in [0.15, 0.2) is 48.6 Å². The number of carbonyl (C=O) groups is 3. The van der Waals surface area contributed by atoms with E-state index < -0.39 is 6.10 Å². The van der Waals surface area contributed by atoms with E-state index in [-0.39, 0.29) is 31.1 Å². The Morgan fingerprint density at radius 3 is 0.887 bits per heavy atom. The fourth-order valence-corrected chi connectivity index (χ4v) is 7.54. The highest BCUT2D eigenvalue weighted by Gasteiger charge is 2.19. The lowest BCUT2D eigenvalue weighted by Gasteiger charge is -2.18. The van der Waals surface area contributed by atoms with Crippen molar-refractivity contribution in [2.75, 3.05) is 13.2 Å². The molecule has 6 heteroatoms. The van der Waals surface area contributed by atoms with Crippen molar-refractivity contribution in [3.63, 3.8) is 0 Å². The Kier molecular flexibility index (Phi) is 48.8. The van der Waals surface area contributed by atoms with Gasteiger partial charge in [-0.15, -0.1) is 0 Å². The van der Waals surface area contributed by atoms with Crippen LogP contribution in [-0.4, -0.2) is 37.2 Å². The lowest BCUT2D eigenvalue weighted by Crippen LogP contribution is -2.30. The number of unbranched alkanes of at least 4 members (excludes halogenated alkanes) is 31. The van der Waals surface area contributed by atoms with Crippen LogP contribution in [0.1, 0.15) is 271 Å². The molecule has 0 rings (SSSR count). The molecule has 0 spiro atoms. The monoisotopic (exact) mass is 869 g/mol. The molecule has 0 bridgehead atoms. The second-order valence-corrected chi connectivity index (χ2v) is 17.8. The molecule has 1 unspecified atom stereocenters. The number of hydrogen-bond donors (Lipinski definition) is 0. The van der Waals surface area contributed by atoms with Crippen molar-refractivity contribution < 1.29 is 28.6 Å². The third kappa shape index (κ3) is 48.4. The van der Waals surface area contributed by atoms with Crippen LogP contribution in [0.3, 0.4) is 0 Å². The number of carbonyl (C=O) groups excluding carboxylic acids is 3. The summed E-state index contributed by atoms with van der Waals surface area (Å²) < 4.78 is 16.8. The summed E-state index contributed by atoms with van der Waals surface area (Å²) in [4.78, 5) is 38.0. The zero-order chi connectivity index (χ0) is 45.1. The van der Waals surface area contributed by atoms with Crippen molar-refractivity contribution in [2.45, 2.75) is 277 Å². The smallest absolute Gasteiger partial charge is 0.306 e. The van der Waals surface area contributed by atoms with Gasteiger partial charge in [0, 0.05) is 19.3 Å². The summed E-state index contributed by atoms with van der Waals surface area (Å²) in [5, 5.41) is 0. The van der Waals surface area contributed by atoms with Gasteiger partial charge >= 0.3 is 17.9 Å². The Labute approximate surface area is 384 Å². The molecule has 0 aromatic heterocycles. The molecular weight excluding hydrogens is 769 g/mol. The SMILES string of the molecule is CCCCC/C=C\C=C/CCCCCCCCC(=O)OCC(COC(=O)CCCCCCCCCCCCCCCC)OC(=O)CCCCCCCC/C=C\C=C/CCCCC. The van der Waals surface area contributed by atoms with Crippen LogP contribution in [0.2, 0.25) is 0 Å². The van der Waals surface area contributed by atoms with Crippen molar-refractivity contribution >= 4 is 17.9 Å². The van der Waals surface area contributed by atoms with Gasteiger partial charge in [0.15, 0.2) is 6.10 Å². The van der Waals surface area contributed by atoms with E-state index in [2.05, 4.69) is 69.4 Å². The Morgan fingerprint density at radius 2 is 0.565 bits per heavy atom. The summed E-state index contributed by atoms with van der Waals surface area (Å²) >= 11 is 0. The molecule has 0 saturated carbocycles.